The molecule has 5 heteroatoms. The fourth-order valence-corrected chi connectivity index (χ4v) is 1.96. The lowest BCUT2D eigenvalue weighted by Gasteiger charge is -2.15. The summed E-state index contributed by atoms with van der Waals surface area (Å²) in [4.78, 5) is 12.0. The van der Waals surface area contributed by atoms with Crippen molar-refractivity contribution in [2.75, 3.05) is 6.61 Å². The zero-order chi connectivity index (χ0) is 15.9. The number of ether oxygens (including phenoxy) is 1. The van der Waals surface area contributed by atoms with E-state index in [1.165, 1.54) is 0 Å². The monoisotopic (exact) mass is 303 g/mol. The van der Waals surface area contributed by atoms with Gasteiger partial charge in [0.15, 0.2) is 0 Å². The SMILES string of the molecule is C[C@H](COCc1ccccc1)NC(=O)c1cc(F)ccc1O. The molecule has 0 aliphatic heterocycles. The van der Waals surface area contributed by atoms with Crippen molar-refractivity contribution in [2.24, 2.45) is 0 Å². The van der Waals surface area contributed by atoms with Crippen LogP contribution in [-0.4, -0.2) is 23.7 Å². The third-order valence-electron chi connectivity index (χ3n) is 3.06. The van der Waals surface area contributed by atoms with Crippen LogP contribution < -0.4 is 5.32 Å². The van der Waals surface area contributed by atoms with Crippen molar-refractivity contribution < 1.29 is 19.0 Å². The normalized spacial score (nSPS) is 11.9. The maximum absolute atomic E-state index is 13.1. The van der Waals surface area contributed by atoms with Crippen molar-refractivity contribution in [1.29, 1.82) is 0 Å². The lowest BCUT2D eigenvalue weighted by Crippen LogP contribution is -2.35. The van der Waals surface area contributed by atoms with Gasteiger partial charge in [-0.25, -0.2) is 4.39 Å². The highest BCUT2D eigenvalue weighted by atomic mass is 19.1. The molecule has 0 spiro atoms. The molecule has 116 valence electrons. The maximum atomic E-state index is 13.1. The summed E-state index contributed by atoms with van der Waals surface area (Å²) in [6.07, 6.45) is 0. The van der Waals surface area contributed by atoms with E-state index in [1.807, 2.05) is 30.3 Å². The van der Waals surface area contributed by atoms with Gasteiger partial charge in [0.05, 0.1) is 18.8 Å². The summed E-state index contributed by atoms with van der Waals surface area (Å²) in [5.41, 5.74) is 0.957. The molecule has 0 saturated carbocycles. The zero-order valence-corrected chi connectivity index (χ0v) is 12.3. The molecular weight excluding hydrogens is 285 g/mol. The van der Waals surface area contributed by atoms with Crippen LogP contribution in [0.15, 0.2) is 48.5 Å². The van der Waals surface area contributed by atoms with Crippen LogP contribution in [0.1, 0.15) is 22.8 Å². The molecule has 22 heavy (non-hydrogen) atoms. The van der Waals surface area contributed by atoms with Crippen molar-refractivity contribution in [3.05, 3.63) is 65.5 Å². The molecule has 2 N–H and O–H groups in total. The summed E-state index contributed by atoms with van der Waals surface area (Å²) < 4.78 is 18.6. The van der Waals surface area contributed by atoms with Crippen LogP contribution in [-0.2, 0) is 11.3 Å². The highest BCUT2D eigenvalue weighted by Crippen LogP contribution is 2.17. The van der Waals surface area contributed by atoms with Crippen LogP contribution in [0, 0.1) is 5.82 Å². The van der Waals surface area contributed by atoms with Gasteiger partial charge in [0, 0.05) is 6.04 Å². The fraction of sp³-hybridized carbons (Fsp3) is 0.235. The van der Waals surface area contributed by atoms with Gasteiger partial charge in [-0.3, -0.25) is 4.79 Å². The Bertz CT molecular complexity index is 631. The molecule has 2 aromatic rings. The predicted molar refractivity (Wildman–Crippen MR) is 81.1 cm³/mol. The van der Waals surface area contributed by atoms with Gasteiger partial charge in [-0.2, -0.15) is 0 Å². The Morgan fingerprint density at radius 1 is 1.27 bits per heavy atom. The number of aromatic hydroxyl groups is 1. The second kappa shape index (κ2) is 7.56. The fourth-order valence-electron chi connectivity index (χ4n) is 1.96. The number of halogens is 1. The standard InChI is InChI=1S/C17H18FNO3/c1-12(10-22-11-13-5-3-2-4-6-13)19-17(21)15-9-14(18)7-8-16(15)20/h2-9,12,20H,10-11H2,1H3,(H,19,21)/t12-/m1/s1. The number of benzene rings is 2. The van der Waals surface area contributed by atoms with Crippen LogP contribution >= 0.6 is 0 Å². The summed E-state index contributed by atoms with van der Waals surface area (Å²) in [5, 5.41) is 12.2. The second-order valence-corrected chi connectivity index (χ2v) is 5.04. The molecule has 1 amide bonds. The molecule has 0 heterocycles. The highest BCUT2D eigenvalue weighted by Gasteiger charge is 2.14. The molecule has 0 unspecified atom stereocenters. The number of carbonyl (C=O) groups is 1. The minimum atomic E-state index is -0.573. The largest absolute Gasteiger partial charge is 0.507 e. The van der Waals surface area contributed by atoms with Crippen molar-refractivity contribution in [3.63, 3.8) is 0 Å². The van der Waals surface area contributed by atoms with Crippen molar-refractivity contribution in [3.8, 4) is 5.75 Å². The molecule has 0 fully saturated rings. The van der Waals surface area contributed by atoms with E-state index in [2.05, 4.69) is 5.32 Å². The van der Waals surface area contributed by atoms with Gasteiger partial charge in [-0.1, -0.05) is 30.3 Å². The second-order valence-electron chi connectivity index (χ2n) is 5.04. The number of carbonyl (C=O) groups excluding carboxylic acids is 1. The number of hydrogen-bond donors (Lipinski definition) is 2. The number of nitrogens with one attached hydrogen (secondary N) is 1. The van der Waals surface area contributed by atoms with Gasteiger partial charge >= 0.3 is 0 Å². The maximum Gasteiger partial charge on any atom is 0.255 e. The van der Waals surface area contributed by atoms with E-state index in [-0.39, 0.29) is 17.4 Å². The first-order chi connectivity index (χ1) is 10.6. The predicted octanol–water partition coefficient (Wildman–Crippen LogP) is 2.87. The number of rotatable bonds is 6. The Balaban J connectivity index is 1.82. The van der Waals surface area contributed by atoms with E-state index in [4.69, 9.17) is 4.74 Å². The minimum Gasteiger partial charge on any atom is -0.507 e. The Morgan fingerprint density at radius 3 is 2.73 bits per heavy atom. The molecule has 2 rings (SSSR count). The van der Waals surface area contributed by atoms with E-state index in [9.17, 15) is 14.3 Å². The number of hydrogen-bond acceptors (Lipinski definition) is 3. The molecule has 1 atom stereocenters. The molecule has 0 saturated heterocycles. The highest BCUT2D eigenvalue weighted by molar-refractivity contribution is 5.96. The molecule has 2 aromatic carbocycles. The summed E-state index contributed by atoms with van der Waals surface area (Å²) in [7, 11) is 0. The summed E-state index contributed by atoms with van der Waals surface area (Å²) in [5.74, 6) is -1.36. The van der Waals surface area contributed by atoms with Gasteiger partial charge in [-0.15, -0.1) is 0 Å². The summed E-state index contributed by atoms with van der Waals surface area (Å²) in [6, 6.07) is 12.7. The zero-order valence-electron chi connectivity index (χ0n) is 12.3. The third-order valence-corrected chi connectivity index (χ3v) is 3.06. The van der Waals surface area contributed by atoms with Gasteiger partial charge in [0.1, 0.15) is 11.6 Å². The van der Waals surface area contributed by atoms with Gasteiger partial charge in [0.2, 0.25) is 0 Å². The van der Waals surface area contributed by atoms with Crippen LogP contribution in [0.5, 0.6) is 5.75 Å². The van der Waals surface area contributed by atoms with Crippen LogP contribution in [0.3, 0.4) is 0 Å². The van der Waals surface area contributed by atoms with E-state index >= 15 is 0 Å². The molecule has 0 aromatic heterocycles. The lowest BCUT2D eigenvalue weighted by molar-refractivity contribution is 0.0818. The number of phenolic OH excluding ortho intramolecular Hbond substituents is 1. The molecule has 0 aliphatic rings. The molecule has 0 radical (unpaired) electrons. The van der Waals surface area contributed by atoms with Crippen molar-refractivity contribution >= 4 is 5.91 Å². The quantitative estimate of drug-likeness (QED) is 0.862. The average molecular weight is 303 g/mol. The van der Waals surface area contributed by atoms with Crippen LogP contribution in [0.25, 0.3) is 0 Å². The Morgan fingerprint density at radius 2 is 2.00 bits per heavy atom. The molecular formula is C17H18FNO3. The van der Waals surface area contributed by atoms with Gasteiger partial charge in [-0.05, 0) is 30.7 Å². The van der Waals surface area contributed by atoms with Crippen LogP contribution in [0.2, 0.25) is 0 Å². The summed E-state index contributed by atoms with van der Waals surface area (Å²) >= 11 is 0. The van der Waals surface area contributed by atoms with Crippen molar-refractivity contribution in [1.82, 2.24) is 5.32 Å². The van der Waals surface area contributed by atoms with Gasteiger partial charge < -0.3 is 15.2 Å². The smallest absolute Gasteiger partial charge is 0.255 e. The Hall–Kier alpha value is -2.40. The first-order valence-corrected chi connectivity index (χ1v) is 6.97. The Labute approximate surface area is 128 Å². The van der Waals surface area contributed by atoms with Gasteiger partial charge in [0.25, 0.3) is 5.91 Å². The number of phenols is 1. The van der Waals surface area contributed by atoms with E-state index in [0.717, 1.165) is 23.8 Å². The first-order valence-electron chi connectivity index (χ1n) is 6.97. The third kappa shape index (κ3) is 4.56. The van der Waals surface area contributed by atoms with E-state index < -0.39 is 11.7 Å². The average Bonchev–Trinajstić information content (AvgIpc) is 2.50. The lowest BCUT2D eigenvalue weighted by atomic mass is 10.1. The van der Waals surface area contributed by atoms with Crippen LogP contribution in [0.4, 0.5) is 4.39 Å². The van der Waals surface area contributed by atoms with E-state index in [1.54, 1.807) is 6.92 Å². The number of amides is 1. The molecule has 0 aliphatic carbocycles. The molecule has 4 nitrogen and oxygen atoms in total. The minimum absolute atomic E-state index is 0.0880. The van der Waals surface area contributed by atoms with Crippen molar-refractivity contribution in [2.45, 2.75) is 19.6 Å². The topological polar surface area (TPSA) is 58.6 Å². The first kappa shape index (κ1) is 16.0. The Kier molecular flexibility index (Phi) is 5.49. The van der Waals surface area contributed by atoms with E-state index in [0.29, 0.717) is 13.2 Å². The molecule has 0 bridgehead atoms. The summed E-state index contributed by atoms with van der Waals surface area (Å²) in [6.45, 7) is 2.54.